The van der Waals surface area contributed by atoms with E-state index in [9.17, 15) is 4.79 Å². The predicted molar refractivity (Wildman–Crippen MR) is 154 cm³/mol. The van der Waals surface area contributed by atoms with Gasteiger partial charge in [0.25, 0.3) is 5.91 Å². The summed E-state index contributed by atoms with van der Waals surface area (Å²) in [5.74, 6) is 5.57. The third kappa shape index (κ3) is 18.9. The van der Waals surface area contributed by atoms with Crippen molar-refractivity contribution in [3.8, 4) is 11.8 Å². The lowest BCUT2D eigenvalue weighted by atomic mass is 10.1. The Hall–Kier alpha value is -2.61. The van der Waals surface area contributed by atoms with Gasteiger partial charge in [-0.15, -0.1) is 5.92 Å². The highest BCUT2D eigenvalue weighted by Crippen LogP contribution is 2.07. The van der Waals surface area contributed by atoms with E-state index in [-0.39, 0.29) is 5.91 Å². The molecule has 0 saturated carbocycles. The summed E-state index contributed by atoms with van der Waals surface area (Å²) < 4.78 is 0. The zero-order valence-electron chi connectivity index (χ0n) is 23.5. The first kappa shape index (κ1) is 36.0. The van der Waals surface area contributed by atoms with Crippen LogP contribution in [0.4, 0.5) is 0 Å². The Morgan fingerprint density at radius 1 is 1.06 bits per heavy atom. The van der Waals surface area contributed by atoms with Gasteiger partial charge in [-0.2, -0.15) is 0 Å². The number of nitrogens with one attached hydrogen (secondary N) is 2. The van der Waals surface area contributed by atoms with E-state index in [4.69, 9.17) is 0 Å². The zero-order valence-corrected chi connectivity index (χ0v) is 23.5. The van der Waals surface area contributed by atoms with E-state index < -0.39 is 0 Å². The number of nitrogens with zero attached hydrogens (tertiary/aromatic N) is 1. The number of allylic oxidation sites excluding steroid dienone is 6. The van der Waals surface area contributed by atoms with Gasteiger partial charge in [0, 0.05) is 49.6 Å². The molecular weight excluding hydrogens is 418 g/mol. The van der Waals surface area contributed by atoms with Gasteiger partial charge in [-0.1, -0.05) is 91.3 Å². The minimum Gasteiger partial charge on any atom is -0.326 e. The second-order valence-electron chi connectivity index (χ2n) is 6.91. The summed E-state index contributed by atoms with van der Waals surface area (Å²) in [5.41, 5.74) is 3.17. The molecule has 192 valence electrons. The Bertz CT molecular complexity index is 737. The first-order valence-electron chi connectivity index (χ1n) is 12.6. The SMILES string of the molecule is C=C/C(C#CC)=C\C(=C/C)C(=O)N/C(C)=C/C=C(\C=C)CN1CCNCC1.CC.CC.CCC. The van der Waals surface area contributed by atoms with Crippen molar-refractivity contribution in [2.75, 3.05) is 32.7 Å². The third-order valence-electron chi connectivity index (χ3n) is 4.11. The van der Waals surface area contributed by atoms with Gasteiger partial charge in [0.1, 0.15) is 0 Å². The molecule has 1 aliphatic heterocycles. The number of rotatable bonds is 8. The molecule has 1 rings (SSSR count). The van der Waals surface area contributed by atoms with E-state index in [0.717, 1.165) is 44.0 Å². The summed E-state index contributed by atoms with van der Waals surface area (Å²) in [6.07, 6.45) is 12.2. The molecule has 34 heavy (non-hydrogen) atoms. The maximum Gasteiger partial charge on any atom is 0.255 e. The first-order valence-corrected chi connectivity index (χ1v) is 12.6. The van der Waals surface area contributed by atoms with Crippen LogP contribution in [0.1, 0.15) is 68.7 Å². The fraction of sp³-hybridized carbons (Fsp3) is 0.500. The van der Waals surface area contributed by atoms with E-state index in [1.165, 1.54) is 6.42 Å². The number of amides is 1. The monoisotopic (exact) mass is 469 g/mol. The van der Waals surface area contributed by atoms with Gasteiger partial charge >= 0.3 is 0 Å². The second-order valence-corrected chi connectivity index (χ2v) is 6.91. The molecule has 1 fully saturated rings. The molecule has 0 aromatic carbocycles. The molecule has 0 aromatic rings. The van der Waals surface area contributed by atoms with Gasteiger partial charge < -0.3 is 10.6 Å². The Morgan fingerprint density at radius 3 is 2.06 bits per heavy atom. The fourth-order valence-electron chi connectivity index (χ4n) is 2.58. The topological polar surface area (TPSA) is 44.4 Å². The van der Waals surface area contributed by atoms with Crippen LogP contribution in [0.2, 0.25) is 0 Å². The maximum absolute atomic E-state index is 12.5. The van der Waals surface area contributed by atoms with Crippen LogP contribution >= 0.6 is 0 Å². The molecule has 0 radical (unpaired) electrons. The van der Waals surface area contributed by atoms with Crippen molar-refractivity contribution in [1.29, 1.82) is 0 Å². The van der Waals surface area contributed by atoms with Crippen molar-refractivity contribution in [3.63, 3.8) is 0 Å². The summed E-state index contributed by atoms with van der Waals surface area (Å²) in [4.78, 5) is 14.9. The maximum atomic E-state index is 12.5. The Labute approximate surface area is 211 Å². The molecule has 4 heteroatoms. The Balaban J connectivity index is -0.00000124. The number of hydrogen-bond donors (Lipinski definition) is 2. The highest BCUT2D eigenvalue weighted by Gasteiger charge is 2.10. The predicted octanol–water partition coefficient (Wildman–Crippen LogP) is 6.57. The van der Waals surface area contributed by atoms with Crippen LogP contribution < -0.4 is 10.6 Å². The molecule has 2 N–H and O–H groups in total. The van der Waals surface area contributed by atoms with Crippen LogP contribution in [0.5, 0.6) is 0 Å². The summed E-state index contributed by atoms with van der Waals surface area (Å²) >= 11 is 0. The van der Waals surface area contributed by atoms with Crippen LogP contribution in [0.3, 0.4) is 0 Å². The number of carbonyl (C=O) groups is 1. The van der Waals surface area contributed by atoms with Gasteiger partial charge in [-0.3, -0.25) is 9.69 Å². The highest BCUT2D eigenvalue weighted by atomic mass is 16.1. The quantitative estimate of drug-likeness (QED) is 0.240. The van der Waals surface area contributed by atoms with Crippen molar-refractivity contribution < 1.29 is 4.79 Å². The summed E-state index contributed by atoms with van der Waals surface area (Å²) in [6.45, 7) is 30.3. The van der Waals surface area contributed by atoms with E-state index >= 15 is 0 Å². The molecule has 1 heterocycles. The van der Waals surface area contributed by atoms with Gasteiger partial charge in [0.15, 0.2) is 0 Å². The highest BCUT2D eigenvalue weighted by molar-refractivity contribution is 5.97. The average molecular weight is 470 g/mol. The summed E-state index contributed by atoms with van der Waals surface area (Å²) in [7, 11) is 0. The minimum atomic E-state index is -0.167. The molecule has 4 nitrogen and oxygen atoms in total. The first-order chi connectivity index (χ1) is 16.4. The normalized spacial score (nSPS) is 14.4. The molecule has 0 atom stereocenters. The van der Waals surface area contributed by atoms with Crippen LogP contribution in [0.15, 0.2) is 72.0 Å². The van der Waals surface area contributed by atoms with E-state index in [2.05, 4.69) is 54.4 Å². The molecule has 1 aliphatic rings. The largest absolute Gasteiger partial charge is 0.326 e. The lowest BCUT2D eigenvalue weighted by Crippen LogP contribution is -2.44. The number of piperazine rings is 1. The number of carbonyl (C=O) groups excluding carboxylic acids is 1. The van der Waals surface area contributed by atoms with Crippen molar-refractivity contribution >= 4 is 5.91 Å². The second kappa shape index (κ2) is 26.6. The lowest BCUT2D eigenvalue weighted by Gasteiger charge is -2.27. The lowest BCUT2D eigenvalue weighted by molar-refractivity contribution is -0.116. The molecular formula is C30H51N3O. The van der Waals surface area contributed by atoms with Crippen LogP contribution in [-0.4, -0.2) is 43.5 Å². The molecule has 0 aromatic heterocycles. The van der Waals surface area contributed by atoms with Crippen molar-refractivity contribution in [3.05, 3.63) is 72.0 Å². The van der Waals surface area contributed by atoms with Crippen molar-refractivity contribution in [2.24, 2.45) is 0 Å². The van der Waals surface area contributed by atoms with Gasteiger partial charge in [-0.05, 0) is 38.5 Å². The van der Waals surface area contributed by atoms with Crippen LogP contribution in [0.25, 0.3) is 0 Å². The van der Waals surface area contributed by atoms with Crippen LogP contribution in [0, 0.1) is 11.8 Å². The summed E-state index contributed by atoms with van der Waals surface area (Å²) in [5, 5.41) is 6.26. The standard InChI is InChI=1S/C23H31N3O.C3H8.2C2H6/c1-6-10-20(7-2)17-22(9-4)23(27)25-19(5)11-12-21(8-3)18-26-15-13-24-14-16-26;1-3-2;2*1-2/h7-9,11-12,17,24H,2-3,13-16,18H2,1,4-5H3,(H,25,27);3H2,1-2H3;2*1-2H3/b19-11+,20-17+,21-12+,22-9+;;;. The molecule has 0 unspecified atom stereocenters. The fourth-order valence-corrected chi connectivity index (χ4v) is 2.58. The van der Waals surface area contributed by atoms with Crippen LogP contribution in [-0.2, 0) is 4.79 Å². The molecule has 1 amide bonds. The molecule has 0 bridgehead atoms. The average Bonchev–Trinajstić information content (AvgIpc) is 2.87. The number of hydrogen-bond acceptors (Lipinski definition) is 3. The van der Waals surface area contributed by atoms with Gasteiger partial charge in [0.2, 0.25) is 0 Å². The van der Waals surface area contributed by atoms with E-state index in [1.54, 1.807) is 25.2 Å². The molecule has 0 spiro atoms. The van der Waals surface area contributed by atoms with E-state index in [0.29, 0.717) is 11.1 Å². The van der Waals surface area contributed by atoms with Gasteiger partial charge in [0.05, 0.1) is 0 Å². The smallest absolute Gasteiger partial charge is 0.255 e. The van der Waals surface area contributed by atoms with Gasteiger partial charge in [-0.25, -0.2) is 0 Å². The molecule has 0 aliphatic carbocycles. The van der Waals surface area contributed by atoms with Crippen molar-refractivity contribution in [2.45, 2.75) is 68.7 Å². The summed E-state index contributed by atoms with van der Waals surface area (Å²) in [6, 6.07) is 0. The zero-order chi connectivity index (χ0) is 26.8. The Kier molecular flexibility index (Phi) is 28.2. The van der Waals surface area contributed by atoms with Crippen molar-refractivity contribution in [1.82, 2.24) is 15.5 Å². The minimum absolute atomic E-state index is 0.167. The third-order valence-corrected chi connectivity index (χ3v) is 4.11. The Morgan fingerprint density at radius 2 is 1.62 bits per heavy atom. The molecule has 1 saturated heterocycles. The van der Waals surface area contributed by atoms with E-state index in [1.807, 2.05) is 59.8 Å².